The lowest BCUT2D eigenvalue weighted by molar-refractivity contribution is 0.0925. The number of carbonyl (C=O) groups is 1. The molecule has 0 saturated heterocycles. The quantitative estimate of drug-likeness (QED) is 0.764. The van der Waals surface area contributed by atoms with Gasteiger partial charge in [-0.3, -0.25) is 4.79 Å². The molecule has 5 nitrogen and oxygen atoms in total. The number of H-pyrrole nitrogens is 1. The van der Waals surface area contributed by atoms with Crippen LogP contribution in [0.4, 0.5) is 0 Å². The van der Waals surface area contributed by atoms with E-state index >= 15 is 0 Å². The van der Waals surface area contributed by atoms with Crippen LogP contribution < -0.4 is 5.32 Å². The van der Waals surface area contributed by atoms with Crippen molar-refractivity contribution in [3.05, 3.63) is 53.7 Å². The monoisotopic (exact) mass is 269 g/mol. The molecule has 0 aliphatic carbocycles. The number of furan rings is 1. The van der Waals surface area contributed by atoms with E-state index in [1.54, 1.807) is 12.1 Å². The average molecular weight is 269 g/mol. The fourth-order valence-corrected chi connectivity index (χ4v) is 2.06. The lowest BCUT2D eigenvalue weighted by Crippen LogP contribution is -2.25. The molecule has 1 amide bonds. The summed E-state index contributed by atoms with van der Waals surface area (Å²) in [6.07, 6.45) is 0.653. The minimum absolute atomic E-state index is 0.200. The van der Waals surface area contributed by atoms with Gasteiger partial charge in [0.2, 0.25) is 0 Å². The molecule has 1 aromatic carbocycles. The van der Waals surface area contributed by atoms with Crippen LogP contribution in [0.25, 0.3) is 11.0 Å². The van der Waals surface area contributed by atoms with Crippen molar-refractivity contribution in [2.24, 2.45) is 0 Å². The van der Waals surface area contributed by atoms with Gasteiger partial charge in [0.25, 0.3) is 5.91 Å². The van der Waals surface area contributed by atoms with Gasteiger partial charge in [-0.2, -0.15) is 0 Å². The van der Waals surface area contributed by atoms with Gasteiger partial charge < -0.3 is 14.7 Å². The number of para-hydroxylation sites is 2. The second-order valence-electron chi connectivity index (χ2n) is 4.62. The maximum absolute atomic E-state index is 11.8. The number of aromatic amines is 1. The molecule has 0 unspecified atom stereocenters. The Balaban J connectivity index is 1.58. The van der Waals surface area contributed by atoms with Crippen LogP contribution in [0.5, 0.6) is 0 Å². The fourth-order valence-electron chi connectivity index (χ4n) is 2.06. The van der Waals surface area contributed by atoms with E-state index in [1.165, 1.54) is 0 Å². The van der Waals surface area contributed by atoms with E-state index in [9.17, 15) is 4.79 Å². The first kappa shape index (κ1) is 12.5. The van der Waals surface area contributed by atoms with Crippen LogP contribution in [0.3, 0.4) is 0 Å². The van der Waals surface area contributed by atoms with Gasteiger partial charge >= 0.3 is 0 Å². The molecule has 5 heteroatoms. The molecule has 0 atom stereocenters. The molecule has 0 aliphatic rings. The molecule has 3 rings (SSSR count). The molecule has 2 heterocycles. The molecule has 3 aromatic rings. The summed E-state index contributed by atoms with van der Waals surface area (Å²) < 4.78 is 5.26. The Hall–Kier alpha value is -2.56. The lowest BCUT2D eigenvalue weighted by atomic mass is 10.3. The second-order valence-corrected chi connectivity index (χ2v) is 4.62. The summed E-state index contributed by atoms with van der Waals surface area (Å²) in [5.41, 5.74) is 1.95. The van der Waals surface area contributed by atoms with Crippen LogP contribution in [0.15, 0.2) is 40.8 Å². The predicted molar refractivity (Wildman–Crippen MR) is 75.6 cm³/mol. The number of rotatable bonds is 4. The highest BCUT2D eigenvalue weighted by molar-refractivity contribution is 5.91. The van der Waals surface area contributed by atoms with Crippen LogP contribution in [0.2, 0.25) is 0 Å². The van der Waals surface area contributed by atoms with Crippen molar-refractivity contribution in [2.75, 3.05) is 6.54 Å². The fraction of sp³-hybridized carbons (Fsp3) is 0.200. The van der Waals surface area contributed by atoms with Crippen molar-refractivity contribution in [2.45, 2.75) is 13.3 Å². The third-order valence-electron chi connectivity index (χ3n) is 3.05. The number of aryl methyl sites for hydroxylation is 1. The Morgan fingerprint density at radius 1 is 1.30 bits per heavy atom. The van der Waals surface area contributed by atoms with E-state index in [4.69, 9.17) is 4.42 Å². The highest BCUT2D eigenvalue weighted by Gasteiger charge is 2.09. The molecular formula is C15H15N3O2. The molecule has 0 bridgehead atoms. The summed E-state index contributed by atoms with van der Waals surface area (Å²) in [4.78, 5) is 19.5. The zero-order chi connectivity index (χ0) is 13.9. The van der Waals surface area contributed by atoms with Crippen molar-refractivity contribution < 1.29 is 9.21 Å². The predicted octanol–water partition coefficient (Wildman–Crippen LogP) is 2.44. The van der Waals surface area contributed by atoms with E-state index in [-0.39, 0.29) is 5.91 Å². The van der Waals surface area contributed by atoms with Crippen molar-refractivity contribution >= 4 is 16.9 Å². The zero-order valence-electron chi connectivity index (χ0n) is 11.1. The SMILES string of the molecule is Cc1ccc(C(=O)NCCc2nc3ccccc3[nH]2)o1. The first-order valence-electron chi connectivity index (χ1n) is 6.50. The number of aromatic nitrogens is 2. The number of hydrogen-bond donors (Lipinski definition) is 2. The molecule has 0 saturated carbocycles. The summed E-state index contributed by atoms with van der Waals surface area (Å²) in [6.45, 7) is 2.32. The first-order valence-corrected chi connectivity index (χ1v) is 6.50. The van der Waals surface area contributed by atoms with E-state index in [2.05, 4.69) is 15.3 Å². The number of carbonyl (C=O) groups excluding carboxylic acids is 1. The highest BCUT2D eigenvalue weighted by atomic mass is 16.3. The van der Waals surface area contributed by atoms with E-state index in [0.29, 0.717) is 18.7 Å². The normalized spacial score (nSPS) is 10.8. The first-order chi connectivity index (χ1) is 9.72. The van der Waals surface area contributed by atoms with Crippen LogP contribution in [0.1, 0.15) is 22.1 Å². The number of fused-ring (bicyclic) bond motifs is 1. The molecule has 2 aromatic heterocycles. The summed E-state index contributed by atoms with van der Waals surface area (Å²) in [7, 11) is 0. The maximum atomic E-state index is 11.8. The van der Waals surface area contributed by atoms with Gasteiger partial charge in [-0.25, -0.2) is 4.98 Å². The van der Waals surface area contributed by atoms with Gasteiger partial charge in [0.05, 0.1) is 11.0 Å². The van der Waals surface area contributed by atoms with Crippen molar-refractivity contribution in [1.29, 1.82) is 0 Å². The molecule has 2 N–H and O–H groups in total. The van der Waals surface area contributed by atoms with Gasteiger partial charge in [0.1, 0.15) is 11.6 Å². The summed E-state index contributed by atoms with van der Waals surface area (Å²) >= 11 is 0. The molecule has 20 heavy (non-hydrogen) atoms. The topological polar surface area (TPSA) is 70.9 Å². The Kier molecular flexibility index (Phi) is 3.25. The Labute approximate surface area is 116 Å². The molecular weight excluding hydrogens is 254 g/mol. The second kappa shape index (κ2) is 5.21. The van der Waals surface area contributed by atoms with Crippen molar-refractivity contribution in [3.8, 4) is 0 Å². The number of benzene rings is 1. The highest BCUT2D eigenvalue weighted by Crippen LogP contribution is 2.10. The van der Waals surface area contributed by atoms with Gasteiger partial charge in [0, 0.05) is 13.0 Å². The largest absolute Gasteiger partial charge is 0.456 e. The van der Waals surface area contributed by atoms with Gasteiger partial charge in [-0.15, -0.1) is 0 Å². The minimum Gasteiger partial charge on any atom is -0.456 e. The Bertz CT molecular complexity index is 709. The summed E-state index contributed by atoms with van der Waals surface area (Å²) in [5, 5.41) is 2.81. The summed E-state index contributed by atoms with van der Waals surface area (Å²) in [5.74, 6) is 1.73. The van der Waals surface area contributed by atoms with E-state index in [0.717, 1.165) is 22.6 Å². The standard InChI is InChI=1S/C15H15N3O2/c1-10-6-7-13(20-10)15(19)16-9-8-14-17-11-4-2-3-5-12(11)18-14/h2-7H,8-9H2,1H3,(H,16,19)(H,17,18). The van der Waals surface area contributed by atoms with Crippen LogP contribution >= 0.6 is 0 Å². The van der Waals surface area contributed by atoms with Gasteiger partial charge in [-0.05, 0) is 31.2 Å². The minimum atomic E-state index is -0.200. The Morgan fingerprint density at radius 2 is 2.15 bits per heavy atom. The van der Waals surface area contributed by atoms with E-state index < -0.39 is 0 Å². The number of nitrogens with one attached hydrogen (secondary N) is 2. The number of imidazole rings is 1. The van der Waals surface area contributed by atoms with Crippen LogP contribution in [0, 0.1) is 6.92 Å². The van der Waals surface area contributed by atoms with Crippen molar-refractivity contribution in [3.63, 3.8) is 0 Å². The maximum Gasteiger partial charge on any atom is 0.287 e. The molecule has 0 radical (unpaired) electrons. The average Bonchev–Trinajstić information content (AvgIpc) is 3.04. The molecule has 0 fully saturated rings. The van der Waals surface area contributed by atoms with Gasteiger partial charge in [0.15, 0.2) is 5.76 Å². The molecule has 0 aliphatic heterocycles. The smallest absolute Gasteiger partial charge is 0.287 e. The van der Waals surface area contributed by atoms with Crippen LogP contribution in [-0.4, -0.2) is 22.4 Å². The lowest BCUT2D eigenvalue weighted by Gasteiger charge is -2.01. The van der Waals surface area contributed by atoms with E-state index in [1.807, 2.05) is 31.2 Å². The summed E-state index contributed by atoms with van der Waals surface area (Å²) in [6, 6.07) is 11.3. The molecule has 0 spiro atoms. The number of amides is 1. The third-order valence-corrected chi connectivity index (χ3v) is 3.05. The number of nitrogens with zero attached hydrogens (tertiary/aromatic N) is 1. The van der Waals surface area contributed by atoms with Crippen molar-refractivity contribution in [1.82, 2.24) is 15.3 Å². The zero-order valence-corrected chi connectivity index (χ0v) is 11.1. The van der Waals surface area contributed by atoms with Gasteiger partial charge in [-0.1, -0.05) is 12.1 Å². The molecule has 102 valence electrons. The van der Waals surface area contributed by atoms with Crippen LogP contribution in [-0.2, 0) is 6.42 Å². The third kappa shape index (κ3) is 2.56. The number of hydrogen-bond acceptors (Lipinski definition) is 3. The Morgan fingerprint density at radius 3 is 2.90 bits per heavy atom.